The summed E-state index contributed by atoms with van der Waals surface area (Å²) in [5.74, 6) is -7.08. The number of hydrogen-bond acceptors (Lipinski definition) is 18. The maximum Gasteiger partial charge on any atom is 0.347 e. The van der Waals surface area contributed by atoms with E-state index in [-0.39, 0.29) is 95.4 Å². The largest absolute Gasteiger partial charge is 0.495 e. The van der Waals surface area contributed by atoms with Crippen LogP contribution in [0.5, 0.6) is 5.75 Å². The number of ketones is 2. The second-order valence-corrected chi connectivity index (χ2v) is 24.0. The summed E-state index contributed by atoms with van der Waals surface area (Å²) in [6, 6.07) is 10.3. The van der Waals surface area contributed by atoms with Gasteiger partial charge >= 0.3 is 17.9 Å². The van der Waals surface area contributed by atoms with E-state index in [0.717, 1.165) is 11.1 Å². The Morgan fingerprint density at radius 1 is 0.835 bits per heavy atom. The maximum absolute atomic E-state index is 14.1. The lowest BCUT2D eigenvalue weighted by atomic mass is 9.85. The van der Waals surface area contributed by atoms with E-state index >= 15 is 0 Å². The number of epoxide rings is 1. The van der Waals surface area contributed by atoms with Gasteiger partial charge in [-0.25, -0.2) is 4.79 Å². The number of ether oxygens (including phenoxy) is 6. The molecule has 0 radical (unpaired) electrons. The van der Waals surface area contributed by atoms with Crippen LogP contribution in [0.2, 0.25) is 5.02 Å². The second-order valence-electron chi connectivity index (χ2n) is 23.6. The van der Waals surface area contributed by atoms with Crippen molar-refractivity contribution in [2.45, 2.75) is 186 Å². The van der Waals surface area contributed by atoms with Crippen LogP contribution in [0, 0.1) is 29.1 Å². The number of Topliss-reactive ketones (excluding diaryl/α,β-unsaturated/α-hetero) is 2. The monoisotopic (exact) mass is 1210 g/mol. The van der Waals surface area contributed by atoms with E-state index in [2.05, 4.69) is 21.3 Å². The molecule has 3 heterocycles. The summed E-state index contributed by atoms with van der Waals surface area (Å²) in [6.07, 6.45) is -7.82. The molecule has 0 aromatic heterocycles. The zero-order valence-corrected chi connectivity index (χ0v) is 50.6. The number of nitrogens with one attached hydrogen (secondary N) is 4. The van der Waals surface area contributed by atoms with Crippen molar-refractivity contribution in [3.8, 4) is 5.75 Å². The number of esters is 2. The molecular weight excluding hydrogens is 1130 g/mol. The van der Waals surface area contributed by atoms with Gasteiger partial charge in [0.05, 0.1) is 29.7 Å². The average Bonchev–Trinajstić information content (AvgIpc) is 2.77. The maximum atomic E-state index is 14.1. The summed E-state index contributed by atoms with van der Waals surface area (Å²) in [7, 11) is 2.71. The highest BCUT2D eigenvalue weighted by Crippen LogP contribution is 2.45. The number of carbonyl (C=O) groups is 9. The van der Waals surface area contributed by atoms with Crippen molar-refractivity contribution in [1.82, 2.24) is 21.3 Å². The molecule has 8 N–H and O–H groups in total. The molecule has 13 atom stereocenters. The molecule has 23 nitrogen and oxygen atoms in total. The first kappa shape index (κ1) is 69.4. The molecule has 4 amide bonds. The second kappa shape index (κ2) is 32.4. The fraction of sp³-hybridized carbons (Fsp3) is 0.623. The molecule has 2 saturated heterocycles. The number of carboxylic acids is 1. The SMILES string of the molecule is COc1ccc(C[C@H]2NC(=O)/C=C/C[C@@H]([C@H](C)[C@H]3O[C@@H]3c3ccc(CCC(=O)[C@H](CCC(=O)NC[C@H]4O[C@@H](OC)[C@H](O)[C@@H](O)[C@@H]4O)CC(=O)[C@@H](NC(=O)CCCC(=O)O)C(C)C)cc3)OC(=O)[C@H](CC(C)C)OC(=O)C(C)(C)CNC2=O)cc1Cl. The van der Waals surface area contributed by atoms with Crippen LogP contribution in [0.15, 0.2) is 54.6 Å². The van der Waals surface area contributed by atoms with Crippen LogP contribution < -0.4 is 26.0 Å². The van der Waals surface area contributed by atoms with Gasteiger partial charge in [-0.15, -0.1) is 0 Å². The summed E-state index contributed by atoms with van der Waals surface area (Å²) >= 11 is 6.39. The van der Waals surface area contributed by atoms with Crippen molar-refractivity contribution in [3.63, 3.8) is 0 Å². The Morgan fingerprint density at radius 2 is 1.53 bits per heavy atom. The van der Waals surface area contributed by atoms with Gasteiger partial charge in [0.25, 0.3) is 0 Å². The number of amides is 4. The Kier molecular flexibility index (Phi) is 26.5. The molecule has 0 aliphatic carbocycles. The van der Waals surface area contributed by atoms with Gasteiger partial charge < -0.3 is 70.1 Å². The van der Waals surface area contributed by atoms with Crippen LogP contribution in [-0.2, 0) is 79.7 Å². The molecule has 3 aliphatic rings. The van der Waals surface area contributed by atoms with Gasteiger partial charge in [-0.2, -0.15) is 0 Å². The molecule has 470 valence electrons. The lowest BCUT2D eigenvalue weighted by molar-refractivity contribution is -0.288. The highest BCUT2D eigenvalue weighted by atomic mass is 35.5. The molecule has 2 aromatic carbocycles. The molecule has 85 heavy (non-hydrogen) atoms. The summed E-state index contributed by atoms with van der Waals surface area (Å²) in [5.41, 5.74) is 0.872. The van der Waals surface area contributed by atoms with Crippen LogP contribution in [0.3, 0.4) is 0 Å². The lowest BCUT2D eigenvalue weighted by Crippen LogP contribution is -2.60. The summed E-state index contributed by atoms with van der Waals surface area (Å²) in [6.45, 7) is 11.7. The van der Waals surface area contributed by atoms with E-state index in [1.54, 1.807) is 45.9 Å². The molecule has 2 fully saturated rings. The number of aliphatic hydroxyl groups is 3. The third kappa shape index (κ3) is 21.0. The smallest absolute Gasteiger partial charge is 0.347 e. The fourth-order valence-corrected chi connectivity index (χ4v) is 10.3. The molecular formula is C61H85ClN4O19. The van der Waals surface area contributed by atoms with Gasteiger partial charge in [0.2, 0.25) is 23.6 Å². The molecule has 0 bridgehead atoms. The highest BCUT2D eigenvalue weighted by Gasteiger charge is 2.48. The third-order valence-corrected chi connectivity index (χ3v) is 15.7. The minimum absolute atomic E-state index is 0.0261. The van der Waals surface area contributed by atoms with Crippen LogP contribution in [0.25, 0.3) is 0 Å². The zero-order valence-electron chi connectivity index (χ0n) is 49.8. The van der Waals surface area contributed by atoms with E-state index in [1.165, 1.54) is 26.4 Å². The van der Waals surface area contributed by atoms with E-state index in [9.17, 15) is 58.5 Å². The van der Waals surface area contributed by atoms with Crippen LogP contribution in [0.4, 0.5) is 0 Å². The Morgan fingerprint density at radius 3 is 2.16 bits per heavy atom. The first-order chi connectivity index (χ1) is 40.1. The standard InChI is InChI=1S/C61H85ClN4O19/c1-32(2)26-45-58(78)82-43(12-10-13-48(70)65-40(28-36-19-24-44(80-8)39(62)27-36)57(77)64-31-61(6,7)60(79)84-45)34(5)55-56(85-55)37-20-16-35(17-21-37)18-23-41(67)38(29-42(68)51(33(3)4)66-49(71)14-11-15-50(72)73)22-25-47(69)63-30-46-52(74)53(75)54(76)59(81-9)83-46/h10,13,16-17,19-21,24,27,32-34,38,40,43,45-46,51-56,59,74-76H,11-12,14-15,18,22-23,25-26,28-31H2,1-9H3,(H,63,69)(H,64,77)(H,65,70)(H,66,71)(H,72,73)/b13-10+/t34-,38+,40+,43-,45-,46+,51-,52+,53-,54+,55+,56+,59+/m0/s1. The first-order valence-corrected chi connectivity index (χ1v) is 29.3. The van der Waals surface area contributed by atoms with Crippen molar-refractivity contribution in [3.05, 3.63) is 76.3 Å². The van der Waals surface area contributed by atoms with Gasteiger partial charge in [-0.1, -0.05) is 82.6 Å². The van der Waals surface area contributed by atoms with Crippen LogP contribution in [-0.4, -0.2) is 162 Å². The molecule has 0 saturated carbocycles. The summed E-state index contributed by atoms with van der Waals surface area (Å²) < 4.78 is 34.1. The van der Waals surface area contributed by atoms with Gasteiger partial charge in [-0.05, 0) is 86.3 Å². The number of benzene rings is 2. The third-order valence-electron chi connectivity index (χ3n) is 15.4. The molecule has 5 rings (SSSR count). The van der Waals surface area contributed by atoms with E-state index in [0.29, 0.717) is 16.3 Å². The number of carbonyl (C=O) groups excluding carboxylic acids is 8. The Labute approximate surface area is 500 Å². The predicted molar refractivity (Wildman–Crippen MR) is 307 cm³/mol. The number of aliphatic hydroxyl groups excluding tert-OH is 3. The summed E-state index contributed by atoms with van der Waals surface area (Å²) in [5, 5.41) is 51.0. The molecule has 24 heteroatoms. The number of aliphatic carboxylic acids is 1. The highest BCUT2D eigenvalue weighted by molar-refractivity contribution is 6.32. The number of methoxy groups -OCH3 is 2. The Hall–Kier alpha value is -6.34. The van der Waals surface area contributed by atoms with Crippen molar-refractivity contribution in [2.24, 2.45) is 29.1 Å². The van der Waals surface area contributed by atoms with Gasteiger partial charge in [0.1, 0.15) is 54.2 Å². The zero-order chi connectivity index (χ0) is 62.9. The minimum atomic E-state index is -1.62. The van der Waals surface area contributed by atoms with Gasteiger partial charge in [-0.3, -0.25) is 38.4 Å². The molecule has 0 spiro atoms. The number of carboxylic acid groups (broad SMARTS) is 1. The number of aryl methyl sites for hydroxylation is 1. The number of rotatable bonds is 27. The lowest BCUT2D eigenvalue weighted by Gasteiger charge is -2.39. The number of halogens is 1. The minimum Gasteiger partial charge on any atom is -0.495 e. The molecule has 0 unspecified atom stereocenters. The van der Waals surface area contributed by atoms with Crippen LogP contribution in [0.1, 0.15) is 129 Å². The summed E-state index contributed by atoms with van der Waals surface area (Å²) in [4.78, 5) is 120. The van der Waals surface area contributed by atoms with E-state index in [4.69, 9.17) is 45.1 Å². The number of cyclic esters (lactones) is 2. The van der Waals surface area contributed by atoms with Crippen molar-refractivity contribution in [1.29, 1.82) is 0 Å². The topological polar surface area (TPSA) is 341 Å². The van der Waals surface area contributed by atoms with Crippen molar-refractivity contribution in [2.75, 3.05) is 27.3 Å². The quantitative estimate of drug-likeness (QED) is 0.0464. The molecule has 2 aromatic rings. The predicted octanol–water partition coefficient (Wildman–Crippen LogP) is 3.95. The first-order valence-electron chi connectivity index (χ1n) is 28.9. The number of hydrogen-bond donors (Lipinski definition) is 8. The van der Waals surface area contributed by atoms with Gasteiger partial charge in [0, 0.05) is 77.0 Å². The fourth-order valence-electron chi connectivity index (χ4n) is 10.1. The normalized spacial score (nSPS) is 26.2. The van der Waals surface area contributed by atoms with E-state index in [1.807, 2.05) is 45.0 Å². The van der Waals surface area contributed by atoms with Gasteiger partial charge in [0.15, 0.2) is 18.2 Å². The average molecular weight is 1210 g/mol. The van der Waals surface area contributed by atoms with Crippen LogP contribution >= 0.6 is 11.6 Å². The van der Waals surface area contributed by atoms with Crippen molar-refractivity contribution >= 4 is 64.7 Å². The Balaban J connectivity index is 1.28. The van der Waals surface area contributed by atoms with E-state index < -0.39 is 138 Å². The Bertz CT molecular complexity index is 2680. The molecule has 3 aliphatic heterocycles. The van der Waals surface area contributed by atoms with Crippen molar-refractivity contribution < 1.29 is 92.0 Å².